The molecule has 1 aromatic rings. The van der Waals surface area contributed by atoms with Crippen molar-refractivity contribution >= 4 is 5.91 Å². The van der Waals surface area contributed by atoms with Gasteiger partial charge >= 0.3 is 0 Å². The average Bonchev–Trinajstić information content (AvgIpc) is 2.89. The molecule has 1 amide bonds. The van der Waals surface area contributed by atoms with E-state index >= 15 is 0 Å². The Hall–Kier alpha value is -1.79. The van der Waals surface area contributed by atoms with Gasteiger partial charge in [0, 0.05) is 24.2 Å². The second-order valence-corrected chi connectivity index (χ2v) is 4.09. The van der Waals surface area contributed by atoms with Gasteiger partial charge in [-0.2, -0.15) is 0 Å². The van der Waals surface area contributed by atoms with Gasteiger partial charge in [-0.25, -0.2) is 0 Å². The van der Waals surface area contributed by atoms with Crippen LogP contribution in [0.5, 0.6) is 0 Å². The number of amides is 1. The van der Waals surface area contributed by atoms with Crippen LogP contribution in [0, 0.1) is 11.8 Å². The van der Waals surface area contributed by atoms with E-state index in [1.165, 1.54) is 0 Å². The lowest BCUT2D eigenvalue weighted by Gasteiger charge is -2.15. The van der Waals surface area contributed by atoms with Crippen molar-refractivity contribution < 1.29 is 4.79 Å². The van der Waals surface area contributed by atoms with E-state index in [2.05, 4.69) is 11.8 Å². The number of carbonyl (C=O) groups is 1. The molecule has 0 aliphatic carbocycles. The highest BCUT2D eigenvalue weighted by molar-refractivity contribution is 5.94. The SMILES string of the molecule is NCC#Cc1cccc(C(=O)N2CCCC2)c1. The molecule has 17 heavy (non-hydrogen) atoms. The topological polar surface area (TPSA) is 46.3 Å². The maximum Gasteiger partial charge on any atom is 0.253 e. The molecular weight excluding hydrogens is 212 g/mol. The lowest BCUT2D eigenvalue weighted by atomic mass is 10.1. The predicted molar refractivity (Wildman–Crippen MR) is 67.5 cm³/mol. The molecule has 1 saturated heterocycles. The molecule has 0 unspecified atom stereocenters. The van der Waals surface area contributed by atoms with E-state index in [0.717, 1.165) is 37.1 Å². The molecule has 0 saturated carbocycles. The number of nitrogens with two attached hydrogens (primary N) is 1. The summed E-state index contributed by atoms with van der Waals surface area (Å²) in [4.78, 5) is 14.0. The number of likely N-dealkylation sites (tertiary alicyclic amines) is 1. The molecule has 0 spiro atoms. The Bertz CT molecular complexity index is 465. The Balaban J connectivity index is 2.17. The first-order chi connectivity index (χ1) is 8.31. The molecule has 3 heteroatoms. The number of hydrogen-bond acceptors (Lipinski definition) is 2. The van der Waals surface area contributed by atoms with E-state index in [1.54, 1.807) is 0 Å². The minimum Gasteiger partial charge on any atom is -0.339 e. The highest BCUT2D eigenvalue weighted by Gasteiger charge is 2.19. The summed E-state index contributed by atoms with van der Waals surface area (Å²) in [6.45, 7) is 2.08. The number of hydrogen-bond donors (Lipinski definition) is 1. The summed E-state index contributed by atoms with van der Waals surface area (Å²) in [5, 5.41) is 0. The monoisotopic (exact) mass is 228 g/mol. The molecule has 0 atom stereocenters. The third-order valence-corrected chi connectivity index (χ3v) is 2.84. The summed E-state index contributed by atoms with van der Waals surface area (Å²) in [5.41, 5.74) is 6.89. The van der Waals surface area contributed by atoms with Crippen LogP contribution in [0.1, 0.15) is 28.8 Å². The Kier molecular flexibility index (Phi) is 3.79. The average molecular weight is 228 g/mol. The zero-order valence-corrected chi connectivity index (χ0v) is 9.78. The minimum atomic E-state index is 0.110. The largest absolute Gasteiger partial charge is 0.339 e. The molecule has 2 N–H and O–H groups in total. The lowest BCUT2D eigenvalue weighted by Crippen LogP contribution is -2.27. The molecular formula is C14H16N2O. The second kappa shape index (κ2) is 5.51. The van der Waals surface area contributed by atoms with Crippen LogP contribution < -0.4 is 5.73 Å². The Morgan fingerprint density at radius 3 is 2.82 bits per heavy atom. The molecule has 3 nitrogen and oxygen atoms in total. The molecule has 0 aromatic heterocycles. The van der Waals surface area contributed by atoms with E-state index in [-0.39, 0.29) is 5.91 Å². The summed E-state index contributed by atoms with van der Waals surface area (Å²) in [6.07, 6.45) is 2.22. The Labute approximate surface area is 102 Å². The fourth-order valence-corrected chi connectivity index (χ4v) is 1.99. The van der Waals surface area contributed by atoms with E-state index in [0.29, 0.717) is 6.54 Å². The van der Waals surface area contributed by atoms with E-state index in [9.17, 15) is 4.79 Å². The van der Waals surface area contributed by atoms with Gasteiger partial charge < -0.3 is 10.6 Å². The zero-order valence-electron chi connectivity index (χ0n) is 9.78. The number of rotatable bonds is 1. The van der Waals surface area contributed by atoms with Gasteiger partial charge in [0.2, 0.25) is 0 Å². The molecule has 1 aromatic carbocycles. The van der Waals surface area contributed by atoms with Gasteiger partial charge in [-0.3, -0.25) is 4.79 Å². The van der Waals surface area contributed by atoms with Gasteiger partial charge in [-0.15, -0.1) is 0 Å². The van der Waals surface area contributed by atoms with Crippen LogP contribution in [0.4, 0.5) is 0 Å². The van der Waals surface area contributed by atoms with E-state index < -0.39 is 0 Å². The van der Waals surface area contributed by atoms with Crippen LogP contribution in [0.2, 0.25) is 0 Å². The van der Waals surface area contributed by atoms with Crippen molar-refractivity contribution in [2.24, 2.45) is 5.73 Å². The predicted octanol–water partition coefficient (Wildman–Crippen LogP) is 1.23. The van der Waals surface area contributed by atoms with Crippen LogP contribution in [0.25, 0.3) is 0 Å². The van der Waals surface area contributed by atoms with E-state index in [1.807, 2.05) is 29.2 Å². The van der Waals surface area contributed by atoms with Crippen LogP contribution in [0.15, 0.2) is 24.3 Å². The van der Waals surface area contributed by atoms with Crippen molar-refractivity contribution in [1.82, 2.24) is 4.90 Å². The van der Waals surface area contributed by atoms with Crippen LogP contribution in [-0.4, -0.2) is 30.4 Å². The third-order valence-electron chi connectivity index (χ3n) is 2.84. The van der Waals surface area contributed by atoms with Crippen LogP contribution in [0.3, 0.4) is 0 Å². The zero-order chi connectivity index (χ0) is 12.1. The van der Waals surface area contributed by atoms with Crippen LogP contribution in [-0.2, 0) is 0 Å². The number of carbonyl (C=O) groups excluding carboxylic acids is 1. The fraction of sp³-hybridized carbons (Fsp3) is 0.357. The number of nitrogens with zero attached hydrogens (tertiary/aromatic N) is 1. The molecule has 0 radical (unpaired) electrons. The Morgan fingerprint density at radius 2 is 2.12 bits per heavy atom. The van der Waals surface area contributed by atoms with Gasteiger partial charge in [-0.1, -0.05) is 17.9 Å². The first-order valence-corrected chi connectivity index (χ1v) is 5.89. The lowest BCUT2D eigenvalue weighted by molar-refractivity contribution is 0.0793. The Morgan fingerprint density at radius 1 is 1.35 bits per heavy atom. The first kappa shape index (κ1) is 11.7. The van der Waals surface area contributed by atoms with Crippen molar-refractivity contribution in [3.8, 4) is 11.8 Å². The maximum atomic E-state index is 12.1. The van der Waals surface area contributed by atoms with Crippen LogP contribution >= 0.6 is 0 Å². The first-order valence-electron chi connectivity index (χ1n) is 5.89. The van der Waals surface area contributed by atoms with Gasteiger partial charge in [0.05, 0.1) is 6.54 Å². The van der Waals surface area contributed by atoms with Gasteiger partial charge in [0.1, 0.15) is 0 Å². The quantitative estimate of drug-likeness (QED) is 0.735. The third kappa shape index (κ3) is 2.86. The van der Waals surface area contributed by atoms with E-state index in [4.69, 9.17) is 5.73 Å². The standard InChI is InChI=1S/C14H16N2O/c15-8-4-6-12-5-3-7-13(11-12)14(17)16-9-1-2-10-16/h3,5,7,11H,1-2,8-10,15H2. The summed E-state index contributed by atoms with van der Waals surface area (Å²) >= 11 is 0. The minimum absolute atomic E-state index is 0.110. The summed E-state index contributed by atoms with van der Waals surface area (Å²) in [7, 11) is 0. The summed E-state index contributed by atoms with van der Waals surface area (Å²) < 4.78 is 0. The highest BCUT2D eigenvalue weighted by Crippen LogP contribution is 2.13. The van der Waals surface area contributed by atoms with Crippen molar-refractivity contribution in [2.45, 2.75) is 12.8 Å². The summed E-state index contributed by atoms with van der Waals surface area (Å²) in [6, 6.07) is 7.44. The summed E-state index contributed by atoms with van der Waals surface area (Å²) in [5.74, 6) is 5.85. The molecule has 1 aliphatic heterocycles. The normalized spacial score (nSPS) is 14.3. The molecule has 1 heterocycles. The smallest absolute Gasteiger partial charge is 0.253 e. The van der Waals surface area contributed by atoms with Crippen molar-refractivity contribution in [2.75, 3.05) is 19.6 Å². The molecule has 2 rings (SSSR count). The van der Waals surface area contributed by atoms with Gasteiger partial charge in [0.15, 0.2) is 0 Å². The fourth-order valence-electron chi connectivity index (χ4n) is 1.99. The highest BCUT2D eigenvalue weighted by atomic mass is 16.2. The molecule has 1 aliphatic rings. The molecule has 0 bridgehead atoms. The number of benzene rings is 1. The van der Waals surface area contributed by atoms with Gasteiger partial charge in [0.25, 0.3) is 5.91 Å². The van der Waals surface area contributed by atoms with Crippen molar-refractivity contribution in [1.29, 1.82) is 0 Å². The molecule has 1 fully saturated rings. The van der Waals surface area contributed by atoms with Crippen molar-refractivity contribution in [3.05, 3.63) is 35.4 Å². The maximum absolute atomic E-state index is 12.1. The molecule has 88 valence electrons. The second-order valence-electron chi connectivity index (χ2n) is 4.09. The van der Waals surface area contributed by atoms with Crippen molar-refractivity contribution in [3.63, 3.8) is 0 Å². The van der Waals surface area contributed by atoms with Gasteiger partial charge in [-0.05, 0) is 31.0 Å².